The van der Waals surface area contributed by atoms with Gasteiger partial charge < -0.3 is 9.12 Å². The van der Waals surface area contributed by atoms with Crippen molar-refractivity contribution in [2.75, 3.05) is 0 Å². The first-order chi connectivity index (χ1) is 8.80. The van der Waals surface area contributed by atoms with Gasteiger partial charge in [-0.2, -0.15) is 0 Å². The van der Waals surface area contributed by atoms with E-state index in [9.17, 15) is 4.55 Å². The van der Waals surface area contributed by atoms with Gasteiger partial charge in [0, 0.05) is 35.5 Å². The highest BCUT2D eigenvalue weighted by molar-refractivity contribution is 7.90. The molecule has 104 valence electrons. The van der Waals surface area contributed by atoms with Crippen LogP contribution in [0.4, 0.5) is 0 Å². The molecule has 19 heavy (non-hydrogen) atoms. The minimum atomic E-state index is -1.06. The molecule has 0 radical (unpaired) electrons. The lowest BCUT2D eigenvalue weighted by Gasteiger charge is -2.26. The summed E-state index contributed by atoms with van der Waals surface area (Å²) in [5.74, 6) is 0. The average molecular weight is 278 g/mol. The Morgan fingerprint density at radius 3 is 2.58 bits per heavy atom. The number of hydrogen-bond acceptors (Lipinski definition) is 2. The predicted octanol–water partition coefficient (Wildman–Crippen LogP) is 3.29. The quantitative estimate of drug-likeness (QED) is 0.875. The van der Waals surface area contributed by atoms with Crippen LogP contribution in [0, 0.1) is 0 Å². The first kappa shape index (κ1) is 14.4. The molecule has 0 bridgehead atoms. The van der Waals surface area contributed by atoms with Crippen molar-refractivity contribution in [3.05, 3.63) is 36.0 Å². The number of aryl methyl sites for hydroxylation is 1. The van der Waals surface area contributed by atoms with Crippen molar-refractivity contribution < 1.29 is 4.55 Å². The van der Waals surface area contributed by atoms with Crippen molar-refractivity contribution >= 4 is 22.3 Å². The fourth-order valence-corrected chi connectivity index (χ4v) is 2.91. The van der Waals surface area contributed by atoms with E-state index >= 15 is 0 Å². The van der Waals surface area contributed by atoms with Gasteiger partial charge in [-0.25, -0.2) is 0 Å². The minimum Gasteiger partial charge on any atom is -0.598 e. The first-order valence-electron chi connectivity index (χ1n) is 6.52. The van der Waals surface area contributed by atoms with E-state index in [2.05, 4.69) is 46.7 Å². The van der Waals surface area contributed by atoms with Gasteiger partial charge in [0.25, 0.3) is 0 Å². The number of benzene rings is 1. The Morgan fingerprint density at radius 1 is 1.26 bits per heavy atom. The summed E-state index contributed by atoms with van der Waals surface area (Å²) in [5.41, 5.74) is 2.39. The Hall–Kier alpha value is -0.970. The van der Waals surface area contributed by atoms with Crippen molar-refractivity contribution in [1.29, 1.82) is 0 Å². The molecule has 0 aliphatic rings. The van der Waals surface area contributed by atoms with E-state index in [1.165, 1.54) is 16.5 Å². The molecule has 1 unspecified atom stereocenters. The lowest BCUT2D eigenvalue weighted by molar-refractivity contribution is 0.532. The number of aromatic nitrogens is 1. The summed E-state index contributed by atoms with van der Waals surface area (Å²) in [6.45, 7) is 8.00. The van der Waals surface area contributed by atoms with E-state index in [4.69, 9.17) is 0 Å². The van der Waals surface area contributed by atoms with E-state index in [0.717, 1.165) is 0 Å². The Labute approximate surface area is 118 Å². The molecule has 2 rings (SSSR count). The molecule has 1 aromatic heterocycles. The smallest absolute Gasteiger partial charge is 0.136 e. The molecule has 0 spiro atoms. The number of fused-ring (bicyclic) bond motifs is 1. The van der Waals surface area contributed by atoms with Gasteiger partial charge in [-0.15, -0.1) is 4.72 Å². The third kappa shape index (κ3) is 2.96. The molecule has 1 aromatic carbocycles. The van der Waals surface area contributed by atoms with Crippen molar-refractivity contribution in [1.82, 2.24) is 9.29 Å². The largest absolute Gasteiger partial charge is 0.598 e. The highest BCUT2D eigenvalue weighted by atomic mass is 32.2. The molecule has 0 saturated carbocycles. The zero-order valence-electron chi connectivity index (χ0n) is 12.2. The number of nitrogens with one attached hydrogen (secondary N) is 1. The zero-order valence-corrected chi connectivity index (χ0v) is 13.0. The summed E-state index contributed by atoms with van der Waals surface area (Å²) in [6.07, 6.45) is 2.06. The summed E-state index contributed by atoms with van der Waals surface area (Å²) in [6, 6.07) is 8.43. The van der Waals surface area contributed by atoms with Crippen LogP contribution in [0.2, 0.25) is 0 Å². The second kappa shape index (κ2) is 5.19. The van der Waals surface area contributed by atoms with Crippen LogP contribution >= 0.6 is 0 Å². The molecular formula is C15H22N2OS. The summed E-state index contributed by atoms with van der Waals surface area (Å²) in [5, 5.41) is 1.22. The SMILES string of the molecule is CC(N[S@+]([O-])C(C)(C)C)c1cccc2c1ccn2C. The molecule has 0 fully saturated rings. The molecule has 2 atom stereocenters. The summed E-state index contributed by atoms with van der Waals surface area (Å²) >= 11 is -1.06. The van der Waals surface area contributed by atoms with Gasteiger partial charge in [0.15, 0.2) is 0 Å². The van der Waals surface area contributed by atoms with Gasteiger partial charge in [-0.3, -0.25) is 0 Å². The molecule has 0 amide bonds. The predicted molar refractivity (Wildman–Crippen MR) is 82.4 cm³/mol. The van der Waals surface area contributed by atoms with Crippen LogP contribution in [-0.2, 0) is 18.4 Å². The van der Waals surface area contributed by atoms with Crippen molar-refractivity contribution in [3.8, 4) is 0 Å². The molecule has 4 heteroatoms. The Balaban J connectivity index is 2.29. The van der Waals surface area contributed by atoms with E-state index in [0.29, 0.717) is 0 Å². The van der Waals surface area contributed by atoms with Crippen LogP contribution in [0.15, 0.2) is 30.5 Å². The maximum Gasteiger partial charge on any atom is 0.136 e. The lowest BCUT2D eigenvalue weighted by atomic mass is 10.0. The Bertz CT molecular complexity index is 571. The maximum absolute atomic E-state index is 12.2. The van der Waals surface area contributed by atoms with Gasteiger partial charge >= 0.3 is 0 Å². The van der Waals surface area contributed by atoms with Gasteiger partial charge in [0.05, 0.1) is 6.04 Å². The maximum atomic E-state index is 12.2. The fourth-order valence-electron chi connectivity index (χ4n) is 2.10. The van der Waals surface area contributed by atoms with Crippen LogP contribution in [0.5, 0.6) is 0 Å². The van der Waals surface area contributed by atoms with Crippen molar-refractivity contribution in [3.63, 3.8) is 0 Å². The second-order valence-electron chi connectivity index (χ2n) is 5.93. The monoisotopic (exact) mass is 278 g/mol. The standard InChI is InChI=1S/C15H22N2OS/c1-11(16-19(18)15(2,3)4)12-7-6-8-14-13(12)9-10-17(14)5/h6-11,16H,1-5H3/t11?,19-/m1/s1. The zero-order chi connectivity index (χ0) is 14.2. The molecule has 0 aliphatic heterocycles. The van der Waals surface area contributed by atoms with Crippen LogP contribution in [0.1, 0.15) is 39.3 Å². The van der Waals surface area contributed by atoms with E-state index in [1.807, 2.05) is 27.8 Å². The molecule has 3 nitrogen and oxygen atoms in total. The van der Waals surface area contributed by atoms with E-state index < -0.39 is 11.4 Å². The third-order valence-electron chi connectivity index (χ3n) is 3.27. The number of rotatable bonds is 3. The van der Waals surface area contributed by atoms with E-state index in [1.54, 1.807) is 0 Å². The molecular weight excluding hydrogens is 256 g/mol. The van der Waals surface area contributed by atoms with Gasteiger partial charge in [-0.05, 0) is 45.4 Å². The Morgan fingerprint density at radius 2 is 1.95 bits per heavy atom. The van der Waals surface area contributed by atoms with Crippen LogP contribution in [0.3, 0.4) is 0 Å². The topological polar surface area (TPSA) is 40.0 Å². The van der Waals surface area contributed by atoms with Gasteiger partial charge in [-0.1, -0.05) is 12.1 Å². The van der Waals surface area contributed by atoms with Gasteiger partial charge in [0.1, 0.15) is 4.75 Å². The average Bonchev–Trinajstić information content (AvgIpc) is 2.70. The van der Waals surface area contributed by atoms with Crippen LogP contribution in [-0.4, -0.2) is 13.9 Å². The van der Waals surface area contributed by atoms with Crippen LogP contribution in [0.25, 0.3) is 10.9 Å². The summed E-state index contributed by atoms with van der Waals surface area (Å²) in [4.78, 5) is 0. The Kier molecular flexibility index (Phi) is 3.95. The summed E-state index contributed by atoms with van der Waals surface area (Å²) in [7, 11) is 2.04. The number of hydrogen-bond donors (Lipinski definition) is 1. The van der Waals surface area contributed by atoms with E-state index in [-0.39, 0.29) is 10.8 Å². The minimum absolute atomic E-state index is 0.0613. The fraction of sp³-hybridized carbons (Fsp3) is 0.467. The van der Waals surface area contributed by atoms with Crippen LogP contribution < -0.4 is 4.72 Å². The van der Waals surface area contributed by atoms with Crippen molar-refractivity contribution in [2.45, 2.75) is 38.5 Å². The molecule has 1 heterocycles. The van der Waals surface area contributed by atoms with Crippen molar-refractivity contribution in [2.24, 2.45) is 7.05 Å². The normalized spacial score (nSPS) is 15.7. The molecule has 0 aliphatic carbocycles. The number of nitrogens with zero attached hydrogens (tertiary/aromatic N) is 1. The lowest BCUT2D eigenvalue weighted by Crippen LogP contribution is -2.40. The molecule has 1 N–H and O–H groups in total. The highest BCUT2D eigenvalue weighted by Crippen LogP contribution is 2.26. The second-order valence-corrected chi connectivity index (χ2v) is 7.93. The van der Waals surface area contributed by atoms with Gasteiger partial charge in [0.2, 0.25) is 0 Å². The first-order valence-corrected chi connectivity index (χ1v) is 7.67. The molecule has 0 saturated heterocycles. The third-order valence-corrected chi connectivity index (χ3v) is 4.95. The molecule has 2 aromatic rings. The highest BCUT2D eigenvalue weighted by Gasteiger charge is 2.28. The summed E-state index contributed by atoms with van der Waals surface area (Å²) < 4.78 is 17.2.